The van der Waals surface area contributed by atoms with Crippen LogP contribution in [0.25, 0.3) is 0 Å². The highest BCUT2D eigenvalue weighted by Crippen LogP contribution is 2.14. The van der Waals surface area contributed by atoms with Gasteiger partial charge in [0, 0.05) is 11.1 Å². The van der Waals surface area contributed by atoms with Gasteiger partial charge in [0.15, 0.2) is 0 Å². The van der Waals surface area contributed by atoms with Crippen LogP contribution in [0.4, 0.5) is 0 Å². The van der Waals surface area contributed by atoms with Crippen LogP contribution in [0.3, 0.4) is 0 Å². The van der Waals surface area contributed by atoms with E-state index in [0.29, 0.717) is 0 Å². The first-order valence-corrected chi connectivity index (χ1v) is 6.07. The topological polar surface area (TPSA) is 69.6 Å². The molecule has 0 aliphatic rings. The number of aryl methyl sites for hydroxylation is 1. The quantitative estimate of drug-likeness (QED) is 0.875. The van der Waals surface area contributed by atoms with Crippen LogP contribution in [-0.2, 0) is 6.54 Å². The lowest BCUT2D eigenvalue weighted by atomic mass is 10.2. The lowest BCUT2D eigenvalue weighted by Gasteiger charge is -2.01. The zero-order chi connectivity index (χ0) is 11.5. The summed E-state index contributed by atoms with van der Waals surface area (Å²) >= 11 is 1.68. The van der Waals surface area contributed by atoms with Crippen LogP contribution < -0.4 is 5.73 Å². The molecule has 0 fully saturated rings. The van der Waals surface area contributed by atoms with Crippen molar-refractivity contribution in [3.63, 3.8) is 0 Å². The summed E-state index contributed by atoms with van der Waals surface area (Å²) in [7, 11) is 0. The zero-order valence-electron chi connectivity index (χ0n) is 9.42. The molecule has 16 heavy (non-hydrogen) atoms. The van der Waals surface area contributed by atoms with Gasteiger partial charge in [-0.3, -0.25) is 0 Å². The van der Waals surface area contributed by atoms with Crippen molar-refractivity contribution in [2.75, 3.05) is 0 Å². The van der Waals surface area contributed by atoms with E-state index >= 15 is 0 Å². The summed E-state index contributed by atoms with van der Waals surface area (Å²) in [5.74, 6) is 0. The van der Waals surface area contributed by atoms with Crippen molar-refractivity contribution < 1.29 is 0 Å². The number of hydrogen-bond donors (Lipinski definition) is 1. The summed E-state index contributed by atoms with van der Waals surface area (Å²) < 4.78 is 1.80. The fourth-order valence-corrected chi connectivity index (χ4v) is 2.19. The summed E-state index contributed by atoms with van der Waals surface area (Å²) in [4.78, 5) is 5.38. The maximum absolute atomic E-state index is 5.88. The molecule has 2 heterocycles. The molecule has 2 rings (SSSR count). The highest BCUT2D eigenvalue weighted by atomic mass is 32.1. The van der Waals surface area contributed by atoms with Crippen LogP contribution in [0.2, 0.25) is 0 Å². The average molecular weight is 237 g/mol. The van der Waals surface area contributed by atoms with E-state index in [2.05, 4.69) is 15.3 Å². The maximum atomic E-state index is 5.88. The van der Waals surface area contributed by atoms with E-state index in [1.54, 1.807) is 16.0 Å². The Morgan fingerprint density at radius 2 is 2.38 bits per heavy atom. The van der Waals surface area contributed by atoms with Gasteiger partial charge in [-0.15, -0.1) is 16.4 Å². The molecule has 0 spiro atoms. The SMILES string of the molecule is CCC(N)c1cn(Cc2cnc(C)s2)nn1. The summed E-state index contributed by atoms with van der Waals surface area (Å²) in [5.41, 5.74) is 6.73. The lowest BCUT2D eigenvalue weighted by molar-refractivity contribution is 0.648. The summed E-state index contributed by atoms with van der Waals surface area (Å²) in [6.07, 6.45) is 4.66. The van der Waals surface area contributed by atoms with E-state index in [1.807, 2.05) is 26.2 Å². The van der Waals surface area contributed by atoms with Gasteiger partial charge in [-0.1, -0.05) is 12.1 Å². The Hall–Kier alpha value is -1.27. The number of aromatic nitrogens is 4. The Kier molecular flexibility index (Phi) is 3.31. The van der Waals surface area contributed by atoms with Crippen molar-refractivity contribution >= 4 is 11.3 Å². The van der Waals surface area contributed by atoms with Crippen LogP contribution in [0, 0.1) is 6.92 Å². The van der Waals surface area contributed by atoms with Gasteiger partial charge >= 0.3 is 0 Å². The van der Waals surface area contributed by atoms with Gasteiger partial charge in [0.2, 0.25) is 0 Å². The van der Waals surface area contributed by atoms with Gasteiger partial charge < -0.3 is 5.73 Å². The Balaban J connectivity index is 2.08. The van der Waals surface area contributed by atoms with E-state index in [1.165, 1.54) is 4.88 Å². The second-order valence-corrected chi connectivity index (χ2v) is 5.02. The smallest absolute Gasteiger partial charge is 0.0994 e. The molecule has 0 saturated carbocycles. The standard InChI is InChI=1S/C10H15N5S/c1-3-9(11)10-6-15(14-13-10)5-8-4-12-7(2)16-8/h4,6,9H,3,5,11H2,1-2H3. The van der Waals surface area contributed by atoms with Crippen molar-refractivity contribution in [1.29, 1.82) is 0 Å². The van der Waals surface area contributed by atoms with Crippen LogP contribution in [0.5, 0.6) is 0 Å². The number of rotatable bonds is 4. The number of nitrogens with two attached hydrogens (primary N) is 1. The molecule has 0 aromatic carbocycles. The average Bonchev–Trinajstić information content (AvgIpc) is 2.87. The second kappa shape index (κ2) is 4.71. The van der Waals surface area contributed by atoms with E-state index in [-0.39, 0.29) is 6.04 Å². The van der Waals surface area contributed by atoms with Gasteiger partial charge in [-0.25, -0.2) is 9.67 Å². The van der Waals surface area contributed by atoms with Crippen LogP contribution in [0.1, 0.15) is 35.0 Å². The zero-order valence-corrected chi connectivity index (χ0v) is 10.2. The highest BCUT2D eigenvalue weighted by molar-refractivity contribution is 7.11. The molecule has 0 saturated heterocycles. The fourth-order valence-electron chi connectivity index (χ4n) is 1.41. The first-order valence-electron chi connectivity index (χ1n) is 5.26. The Labute approximate surface area is 98.3 Å². The van der Waals surface area contributed by atoms with Gasteiger partial charge in [-0.2, -0.15) is 0 Å². The Morgan fingerprint density at radius 3 is 3.00 bits per heavy atom. The lowest BCUT2D eigenvalue weighted by Crippen LogP contribution is -2.08. The first-order chi connectivity index (χ1) is 7.69. The largest absolute Gasteiger partial charge is 0.323 e. The van der Waals surface area contributed by atoms with Crippen molar-refractivity contribution in [3.8, 4) is 0 Å². The monoisotopic (exact) mass is 237 g/mol. The molecule has 86 valence electrons. The van der Waals surface area contributed by atoms with Crippen LogP contribution >= 0.6 is 11.3 Å². The van der Waals surface area contributed by atoms with Gasteiger partial charge in [0.05, 0.1) is 29.5 Å². The molecule has 0 aliphatic carbocycles. The van der Waals surface area contributed by atoms with Crippen molar-refractivity contribution in [3.05, 3.63) is 28.0 Å². The molecule has 2 aromatic heterocycles. The first kappa shape index (κ1) is 11.2. The predicted molar refractivity (Wildman–Crippen MR) is 63.2 cm³/mol. The Morgan fingerprint density at radius 1 is 1.56 bits per heavy atom. The summed E-state index contributed by atoms with van der Waals surface area (Å²) in [6, 6.07) is -0.0167. The molecule has 2 N–H and O–H groups in total. The molecule has 1 atom stereocenters. The molecule has 6 heteroatoms. The predicted octanol–water partition coefficient (Wildman–Crippen LogP) is 1.50. The maximum Gasteiger partial charge on any atom is 0.0994 e. The second-order valence-electron chi connectivity index (χ2n) is 3.70. The van der Waals surface area contributed by atoms with Crippen molar-refractivity contribution in [1.82, 2.24) is 20.0 Å². The van der Waals surface area contributed by atoms with Crippen molar-refractivity contribution in [2.24, 2.45) is 5.73 Å². The highest BCUT2D eigenvalue weighted by Gasteiger charge is 2.08. The third kappa shape index (κ3) is 2.45. The molecule has 0 aliphatic heterocycles. The van der Waals surface area contributed by atoms with Crippen LogP contribution in [-0.4, -0.2) is 20.0 Å². The van der Waals surface area contributed by atoms with E-state index in [4.69, 9.17) is 5.73 Å². The molecule has 0 radical (unpaired) electrons. The third-order valence-corrected chi connectivity index (χ3v) is 3.26. The fraction of sp³-hybridized carbons (Fsp3) is 0.500. The third-order valence-electron chi connectivity index (χ3n) is 2.36. The number of nitrogens with zero attached hydrogens (tertiary/aromatic N) is 4. The van der Waals surface area contributed by atoms with E-state index < -0.39 is 0 Å². The number of hydrogen-bond acceptors (Lipinski definition) is 5. The van der Waals surface area contributed by atoms with Gasteiger partial charge in [0.25, 0.3) is 0 Å². The summed E-state index contributed by atoms with van der Waals surface area (Å²) in [5, 5.41) is 9.19. The molecule has 2 aromatic rings. The van der Waals surface area contributed by atoms with Gasteiger partial charge in [0.1, 0.15) is 0 Å². The normalized spacial score (nSPS) is 12.9. The molecule has 0 amide bonds. The van der Waals surface area contributed by atoms with Gasteiger partial charge in [-0.05, 0) is 13.3 Å². The molecular formula is C10H15N5S. The van der Waals surface area contributed by atoms with E-state index in [0.717, 1.165) is 23.7 Å². The Bertz CT molecular complexity index is 461. The summed E-state index contributed by atoms with van der Waals surface area (Å²) in [6.45, 7) is 4.75. The van der Waals surface area contributed by atoms with Crippen LogP contribution in [0.15, 0.2) is 12.4 Å². The van der Waals surface area contributed by atoms with E-state index in [9.17, 15) is 0 Å². The number of thiazole rings is 1. The molecular weight excluding hydrogens is 222 g/mol. The minimum Gasteiger partial charge on any atom is -0.323 e. The minimum absolute atomic E-state index is 0.0167. The van der Waals surface area contributed by atoms with Crippen molar-refractivity contribution in [2.45, 2.75) is 32.9 Å². The molecule has 5 nitrogen and oxygen atoms in total. The molecule has 0 bridgehead atoms. The minimum atomic E-state index is -0.0167. The molecule has 1 unspecified atom stereocenters.